The third-order valence-electron chi connectivity index (χ3n) is 3.37. The maximum atomic E-state index is 10.7. The van der Waals surface area contributed by atoms with E-state index in [1.165, 1.54) is 0 Å². The van der Waals surface area contributed by atoms with Crippen LogP contribution in [0.2, 0.25) is 0 Å². The van der Waals surface area contributed by atoms with Crippen molar-refractivity contribution < 1.29 is 14.6 Å². The van der Waals surface area contributed by atoms with Crippen LogP contribution in [0, 0.1) is 0 Å². The number of benzene rings is 3. The summed E-state index contributed by atoms with van der Waals surface area (Å²) < 4.78 is 4.78. The minimum absolute atomic E-state index is 0.311. The first-order valence-electron chi connectivity index (χ1n) is 6.90. The molecule has 108 valence electrons. The second-order valence-corrected chi connectivity index (χ2v) is 4.81. The van der Waals surface area contributed by atoms with E-state index in [2.05, 4.69) is 0 Å². The van der Waals surface area contributed by atoms with Crippen LogP contribution in [0.1, 0.15) is 0 Å². The second-order valence-electron chi connectivity index (χ2n) is 4.81. The number of ether oxygens (including phenoxy) is 1. The van der Waals surface area contributed by atoms with Crippen LogP contribution in [-0.2, 0) is 0 Å². The lowest BCUT2D eigenvalue weighted by atomic mass is 9.94. The van der Waals surface area contributed by atoms with Gasteiger partial charge in [0.05, 0.1) is 0 Å². The molecule has 0 bridgehead atoms. The van der Waals surface area contributed by atoms with Crippen molar-refractivity contribution in [1.29, 1.82) is 0 Å². The second kappa shape index (κ2) is 6.14. The molecule has 3 heteroatoms. The molecule has 0 unspecified atom stereocenters. The molecule has 0 amide bonds. The average Bonchev–Trinajstić information content (AvgIpc) is 2.56. The van der Waals surface area contributed by atoms with Crippen molar-refractivity contribution >= 4 is 6.16 Å². The Labute approximate surface area is 128 Å². The third kappa shape index (κ3) is 2.99. The maximum Gasteiger partial charge on any atom is 0.511 e. The van der Waals surface area contributed by atoms with E-state index >= 15 is 0 Å². The highest BCUT2D eigenvalue weighted by Gasteiger charge is 2.10. The van der Waals surface area contributed by atoms with Gasteiger partial charge < -0.3 is 9.84 Å². The van der Waals surface area contributed by atoms with Crippen LogP contribution in [0.4, 0.5) is 4.79 Å². The van der Waals surface area contributed by atoms with Crippen molar-refractivity contribution in [3.63, 3.8) is 0 Å². The Morgan fingerprint density at radius 1 is 0.727 bits per heavy atom. The fourth-order valence-electron chi connectivity index (χ4n) is 2.41. The van der Waals surface area contributed by atoms with Gasteiger partial charge in [0, 0.05) is 0 Å². The van der Waals surface area contributed by atoms with Gasteiger partial charge in [-0.2, -0.15) is 0 Å². The molecule has 1 N–H and O–H groups in total. The number of rotatable bonds is 3. The Morgan fingerprint density at radius 3 is 1.82 bits per heavy atom. The molecule has 0 atom stereocenters. The molecule has 0 spiro atoms. The van der Waals surface area contributed by atoms with Gasteiger partial charge in [-0.1, -0.05) is 66.7 Å². The lowest BCUT2D eigenvalue weighted by molar-refractivity contribution is 0.144. The molecule has 0 saturated carbocycles. The summed E-state index contributed by atoms with van der Waals surface area (Å²) in [6, 6.07) is 25.1. The molecule has 0 radical (unpaired) electrons. The molecular weight excluding hydrogens is 276 g/mol. The maximum absolute atomic E-state index is 10.7. The summed E-state index contributed by atoms with van der Waals surface area (Å²) in [5.41, 5.74) is 4.05. The largest absolute Gasteiger partial charge is 0.511 e. The molecule has 0 aliphatic rings. The van der Waals surface area contributed by atoms with E-state index in [1.54, 1.807) is 12.1 Å². The zero-order valence-corrected chi connectivity index (χ0v) is 11.8. The number of hydrogen-bond acceptors (Lipinski definition) is 2. The molecule has 22 heavy (non-hydrogen) atoms. The molecule has 0 fully saturated rings. The minimum Gasteiger partial charge on any atom is -0.449 e. The summed E-state index contributed by atoms with van der Waals surface area (Å²) in [6.45, 7) is 0. The lowest BCUT2D eigenvalue weighted by Gasteiger charge is -2.12. The number of carboxylic acid groups (broad SMARTS) is 1. The van der Waals surface area contributed by atoms with Crippen molar-refractivity contribution in [3.8, 4) is 28.0 Å². The van der Waals surface area contributed by atoms with Gasteiger partial charge >= 0.3 is 6.16 Å². The van der Waals surface area contributed by atoms with Crippen molar-refractivity contribution in [1.82, 2.24) is 0 Å². The fourth-order valence-corrected chi connectivity index (χ4v) is 2.41. The van der Waals surface area contributed by atoms with Crippen LogP contribution in [0.3, 0.4) is 0 Å². The molecule has 3 rings (SSSR count). The Balaban J connectivity index is 2.15. The summed E-state index contributed by atoms with van der Waals surface area (Å²) in [5.74, 6) is 0.311. The SMILES string of the molecule is O=C(O)Oc1ccc(-c2ccccc2)c(-c2ccccc2)c1. The highest BCUT2D eigenvalue weighted by atomic mass is 16.7. The van der Waals surface area contributed by atoms with E-state index in [4.69, 9.17) is 9.84 Å². The van der Waals surface area contributed by atoms with Crippen molar-refractivity contribution in [3.05, 3.63) is 78.9 Å². The normalized spacial score (nSPS) is 10.2. The lowest BCUT2D eigenvalue weighted by Crippen LogP contribution is -2.03. The molecule has 0 aromatic heterocycles. The first-order valence-corrected chi connectivity index (χ1v) is 6.90. The predicted octanol–water partition coefficient (Wildman–Crippen LogP) is 5.08. The van der Waals surface area contributed by atoms with E-state index in [0.717, 1.165) is 22.3 Å². The smallest absolute Gasteiger partial charge is 0.449 e. The van der Waals surface area contributed by atoms with Crippen LogP contribution in [0.5, 0.6) is 5.75 Å². The minimum atomic E-state index is -1.31. The highest BCUT2D eigenvalue weighted by molar-refractivity contribution is 5.84. The van der Waals surface area contributed by atoms with Gasteiger partial charge in [0.15, 0.2) is 0 Å². The van der Waals surface area contributed by atoms with Gasteiger partial charge in [-0.05, 0) is 34.4 Å². The molecule has 0 heterocycles. The quantitative estimate of drug-likeness (QED) is 0.540. The van der Waals surface area contributed by atoms with Crippen LogP contribution in [0.25, 0.3) is 22.3 Å². The summed E-state index contributed by atoms with van der Waals surface area (Å²) in [7, 11) is 0. The summed E-state index contributed by atoms with van der Waals surface area (Å²) >= 11 is 0. The Bertz CT molecular complexity index is 780. The van der Waals surface area contributed by atoms with E-state index in [0.29, 0.717) is 5.75 Å². The van der Waals surface area contributed by atoms with Gasteiger partial charge in [-0.15, -0.1) is 0 Å². The van der Waals surface area contributed by atoms with Gasteiger partial charge in [-0.3, -0.25) is 0 Å². The molecule has 3 nitrogen and oxygen atoms in total. The molecular formula is C19H14O3. The molecule has 3 aromatic carbocycles. The van der Waals surface area contributed by atoms with Crippen LogP contribution in [0.15, 0.2) is 78.9 Å². The van der Waals surface area contributed by atoms with Crippen molar-refractivity contribution in [2.45, 2.75) is 0 Å². The number of hydrogen-bond donors (Lipinski definition) is 1. The average molecular weight is 290 g/mol. The summed E-state index contributed by atoms with van der Waals surface area (Å²) in [5, 5.41) is 8.79. The number of carbonyl (C=O) groups is 1. The topological polar surface area (TPSA) is 46.5 Å². The van der Waals surface area contributed by atoms with Gasteiger partial charge in [-0.25, -0.2) is 4.79 Å². The Morgan fingerprint density at radius 2 is 1.27 bits per heavy atom. The van der Waals surface area contributed by atoms with Gasteiger partial charge in [0.25, 0.3) is 0 Å². The van der Waals surface area contributed by atoms with E-state index in [9.17, 15) is 4.79 Å². The highest BCUT2D eigenvalue weighted by Crippen LogP contribution is 2.34. The zero-order valence-electron chi connectivity index (χ0n) is 11.8. The molecule has 3 aromatic rings. The van der Waals surface area contributed by atoms with E-state index in [-0.39, 0.29) is 0 Å². The zero-order chi connectivity index (χ0) is 15.4. The summed E-state index contributed by atoms with van der Waals surface area (Å²) in [4.78, 5) is 10.7. The molecule has 0 saturated heterocycles. The standard InChI is InChI=1S/C19H14O3/c20-19(21)22-16-11-12-17(14-7-3-1-4-8-14)18(13-16)15-9-5-2-6-10-15/h1-13H,(H,20,21). The summed E-state index contributed by atoms with van der Waals surface area (Å²) in [6.07, 6.45) is -1.31. The van der Waals surface area contributed by atoms with Crippen LogP contribution < -0.4 is 4.74 Å². The van der Waals surface area contributed by atoms with E-state index < -0.39 is 6.16 Å². The van der Waals surface area contributed by atoms with E-state index in [1.807, 2.05) is 66.7 Å². The fraction of sp³-hybridized carbons (Fsp3) is 0. The van der Waals surface area contributed by atoms with Gasteiger partial charge in [0.1, 0.15) is 5.75 Å². The first kappa shape index (κ1) is 13.9. The van der Waals surface area contributed by atoms with Crippen molar-refractivity contribution in [2.75, 3.05) is 0 Å². The molecule has 0 aliphatic heterocycles. The third-order valence-corrected chi connectivity index (χ3v) is 3.37. The Hall–Kier alpha value is -3.07. The monoisotopic (exact) mass is 290 g/mol. The van der Waals surface area contributed by atoms with Crippen LogP contribution in [-0.4, -0.2) is 11.3 Å². The van der Waals surface area contributed by atoms with Crippen molar-refractivity contribution in [2.24, 2.45) is 0 Å². The predicted molar refractivity (Wildman–Crippen MR) is 86.0 cm³/mol. The molecule has 0 aliphatic carbocycles. The first-order chi connectivity index (χ1) is 10.7. The van der Waals surface area contributed by atoms with Gasteiger partial charge in [0.2, 0.25) is 0 Å². The van der Waals surface area contributed by atoms with Crippen LogP contribution >= 0.6 is 0 Å². The Kier molecular flexibility index (Phi) is 3.88.